The minimum Gasteiger partial charge on any atom is -0.457 e. The Balaban J connectivity index is 1.41. The zero-order valence-corrected chi connectivity index (χ0v) is 15.3. The number of benzene rings is 2. The highest BCUT2D eigenvalue weighted by molar-refractivity contribution is 5.88. The molecule has 2 aliphatic rings. The van der Waals surface area contributed by atoms with Crippen LogP contribution in [0.3, 0.4) is 0 Å². The highest BCUT2D eigenvalue weighted by Crippen LogP contribution is 2.40. The fourth-order valence-electron chi connectivity index (χ4n) is 4.32. The molecule has 0 saturated carbocycles. The van der Waals surface area contributed by atoms with Gasteiger partial charge in [0.25, 0.3) is 0 Å². The molecule has 2 aromatic carbocycles. The van der Waals surface area contributed by atoms with Crippen LogP contribution >= 0.6 is 0 Å². The number of carbonyl (C=O) groups is 1. The Morgan fingerprint density at radius 3 is 2.35 bits per heavy atom. The van der Waals surface area contributed by atoms with E-state index in [0.717, 1.165) is 23.2 Å². The number of carbonyl (C=O) groups excluding carboxylic acids is 1. The molecule has 2 atom stereocenters. The molecule has 2 fully saturated rings. The molecule has 0 aliphatic carbocycles. The van der Waals surface area contributed by atoms with E-state index in [1.165, 1.54) is 51.1 Å². The average molecular weight is 350 g/mol. The van der Waals surface area contributed by atoms with Crippen LogP contribution in [-0.2, 0) is 4.79 Å². The van der Waals surface area contributed by atoms with Gasteiger partial charge in [0, 0.05) is 24.7 Å². The Morgan fingerprint density at radius 2 is 1.65 bits per heavy atom. The molecule has 2 aliphatic heterocycles. The van der Waals surface area contributed by atoms with Crippen LogP contribution in [0, 0.1) is 0 Å². The molecule has 136 valence electrons. The minimum atomic E-state index is -0.0721. The first-order chi connectivity index (χ1) is 12.7. The molecule has 0 aromatic heterocycles. The van der Waals surface area contributed by atoms with Crippen LogP contribution in [0.1, 0.15) is 50.6 Å². The normalized spacial score (nSPS) is 22.7. The van der Waals surface area contributed by atoms with Crippen molar-refractivity contribution in [2.75, 3.05) is 11.9 Å². The topological polar surface area (TPSA) is 41.6 Å². The lowest BCUT2D eigenvalue weighted by Crippen LogP contribution is -2.35. The summed E-state index contributed by atoms with van der Waals surface area (Å²) in [6.45, 7) is 2.75. The number of rotatable bonds is 4. The Bertz CT molecular complexity index is 755. The number of amides is 1. The summed E-state index contributed by atoms with van der Waals surface area (Å²) >= 11 is 0. The van der Waals surface area contributed by atoms with Gasteiger partial charge in [-0.15, -0.1) is 0 Å². The number of piperidine rings is 1. The Morgan fingerprint density at radius 1 is 0.962 bits per heavy atom. The largest absolute Gasteiger partial charge is 0.457 e. The summed E-state index contributed by atoms with van der Waals surface area (Å²) in [6.07, 6.45) is 6.70. The van der Waals surface area contributed by atoms with Crippen molar-refractivity contribution in [1.82, 2.24) is 4.90 Å². The second-order valence-electron chi connectivity index (χ2n) is 7.36. The third-order valence-corrected chi connectivity index (χ3v) is 5.52. The number of anilines is 1. The molecule has 4 heteroatoms. The van der Waals surface area contributed by atoms with Crippen LogP contribution in [0.4, 0.5) is 5.69 Å². The Kier molecular flexibility index (Phi) is 4.93. The number of hydrogen-bond acceptors (Lipinski definition) is 3. The van der Waals surface area contributed by atoms with Gasteiger partial charge in [-0.2, -0.15) is 0 Å². The van der Waals surface area contributed by atoms with Gasteiger partial charge in [0.2, 0.25) is 5.91 Å². The predicted molar refractivity (Wildman–Crippen MR) is 104 cm³/mol. The highest BCUT2D eigenvalue weighted by Gasteiger charge is 2.35. The number of fused-ring (bicyclic) bond motifs is 1. The summed E-state index contributed by atoms with van der Waals surface area (Å²) in [4.78, 5) is 13.8. The molecule has 0 bridgehead atoms. The van der Waals surface area contributed by atoms with E-state index < -0.39 is 0 Å². The lowest BCUT2D eigenvalue weighted by Gasteiger charge is -2.34. The van der Waals surface area contributed by atoms with Gasteiger partial charge < -0.3 is 10.1 Å². The van der Waals surface area contributed by atoms with E-state index in [2.05, 4.69) is 34.5 Å². The molecular weight excluding hydrogens is 324 g/mol. The Hall–Kier alpha value is -2.33. The van der Waals surface area contributed by atoms with E-state index in [0.29, 0.717) is 6.04 Å². The number of nitrogens with zero attached hydrogens (tertiary/aromatic N) is 1. The molecule has 4 rings (SSSR count). The zero-order chi connectivity index (χ0) is 17.9. The molecule has 4 nitrogen and oxygen atoms in total. The van der Waals surface area contributed by atoms with Crippen LogP contribution in [-0.4, -0.2) is 23.4 Å². The molecule has 1 amide bonds. The molecule has 26 heavy (non-hydrogen) atoms. The third-order valence-electron chi connectivity index (χ3n) is 5.52. The predicted octanol–water partition coefficient (Wildman–Crippen LogP) is 5.13. The van der Waals surface area contributed by atoms with E-state index in [4.69, 9.17) is 4.74 Å². The van der Waals surface area contributed by atoms with Crippen LogP contribution in [0.2, 0.25) is 0 Å². The van der Waals surface area contributed by atoms with Crippen molar-refractivity contribution in [2.24, 2.45) is 0 Å². The van der Waals surface area contributed by atoms with Crippen molar-refractivity contribution >= 4 is 11.6 Å². The lowest BCUT2D eigenvalue weighted by atomic mass is 10.0. The average Bonchev–Trinajstić information content (AvgIpc) is 3.08. The highest BCUT2D eigenvalue weighted by atomic mass is 16.5. The number of hydrogen-bond donors (Lipinski definition) is 1. The maximum absolute atomic E-state index is 11.1. The summed E-state index contributed by atoms with van der Waals surface area (Å²) in [6, 6.07) is 17.4. The maximum Gasteiger partial charge on any atom is 0.221 e. The molecule has 0 spiro atoms. The number of ether oxygens (including phenoxy) is 1. The van der Waals surface area contributed by atoms with Crippen molar-refractivity contribution in [2.45, 2.75) is 51.1 Å². The van der Waals surface area contributed by atoms with Crippen molar-refractivity contribution in [3.05, 3.63) is 54.1 Å². The van der Waals surface area contributed by atoms with Crippen molar-refractivity contribution in [1.29, 1.82) is 0 Å². The van der Waals surface area contributed by atoms with Gasteiger partial charge in [0.1, 0.15) is 11.5 Å². The number of nitrogens with one attached hydrogen (secondary N) is 1. The van der Waals surface area contributed by atoms with Crippen LogP contribution in [0.15, 0.2) is 48.5 Å². The summed E-state index contributed by atoms with van der Waals surface area (Å²) in [5, 5.41) is 2.76. The van der Waals surface area contributed by atoms with E-state index in [1.54, 1.807) is 0 Å². The van der Waals surface area contributed by atoms with Crippen LogP contribution < -0.4 is 10.1 Å². The van der Waals surface area contributed by atoms with Gasteiger partial charge in [0.15, 0.2) is 0 Å². The molecule has 2 unspecified atom stereocenters. The van der Waals surface area contributed by atoms with Gasteiger partial charge in [0.05, 0.1) is 0 Å². The smallest absolute Gasteiger partial charge is 0.221 e. The van der Waals surface area contributed by atoms with E-state index in [1.807, 2.05) is 24.3 Å². The van der Waals surface area contributed by atoms with Gasteiger partial charge >= 0.3 is 0 Å². The van der Waals surface area contributed by atoms with Gasteiger partial charge in [-0.3, -0.25) is 9.69 Å². The second kappa shape index (κ2) is 7.50. The van der Waals surface area contributed by atoms with Gasteiger partial charge in [-0.05, 0) is 74.2 Å². The summed E-state index contributed by atoms with van der Waals surface area (Å²) in [7, 11) is 0. The van der Waals surface area contributed by atoms with Gasteiger partial charge in [-0.1, -0.05) is 18.6 Å². The zero-order valence-electron chi connectivity index (χ0n) is 15.3. The first-order valence-electron chi connectivity index (χ1n) is 9.60. The third kappa shape index (κ3) is 3.75. The summed E-state index contributed by atoms with van der Waals surface area (Å²) in [5.74, 6) is 1.54. The quantitative estimate of drug-likeness (QED) is 0.831. The van der Waals surface area contributed by atoms with E-state index in [9.17, 15) is 4.79 Å². The first kappa shape index (κ1) is 17.1. The lowest BCUT2D eigenvalue weighted by molar-refractivity contribution is -0.114. The monoisotopic (exact) mass is 350 g/mol. The SMILES string of the molecule is CC(=O)Nc1ccc(Oc2ccc(C3CCC4CCCCN43)cc2)cc1. The van der Waals surface area contributed by atoms with Crippen molar-refractivity contribution in [3.8, 4) is 11.5 Å². The van der Waals surface area contributed by atoms with Crippen LogP contribution in [0.25, 0.3) is 0 Å². The molecule has 2 heterocycles. The Labute approximate surface area is 155 Å². The fourth-order valence-corrected chi connectivity index (χ4v) is 4.32. The summed E-state index contributed by atoms with van der Waals surface area (Å²) in [5.41, 5.74) is 2.18. The first-order valence-corrected chi connectivity index (χ1v) is 9.60. The van der Waals surface area contributed by atoms with Crippen molar-refractivity contribution < 1.29 is 9.53 Å². The standard InChI is InChI=1S/C22H26N2O2/c1-16(25)23-18-7-12-21(13-8-18)26-20-10-5-17(6-11-20)22-14-9-19-4-2-3-15-24(19)22/h5-8,10-13,19,22H,2-4,9,14-15H2,1H3,(H,23,25). The molecular formula is C22H26N2O2. The van der Waals surface area contributed by atoms with Crippen molar-refractivity contribution in [3.63, 3.8) is 0 Å². The fraction of sp³-hybridized carbons (Fsp3) is 0.409. The van der Waals surface area contributed by atoms with E-state index in [-0.39, 0.29) is 5.91 Å². The van der Waals surface area contributed by atoms with E-state index >= 15 is 0 Å². The minimum absolute atomic E-state index is 0.0721. The molecule has 1 N–H and O–H groups in total. The molecule has 0 radical (unpaired) electrons. The molecule has 2 aromatic rings. The van der Waals surface area contributed by atoms with Gasteiger partial charge in [-0.25, -0.2) is 0 Å². The summed E-state index contributed by atoms with van der Waals surface area (Å²) < 4.78 is 5.94. The second-order valence-corrected chi connectivity index (χ2v) is 7.36. The van der Waals surface area contributed by atoms with Crippen LogP contribution in [0.5, 0.6) is 11.5 Å². The maximum atomic E-state index is 11.1. The molecule has 2 saturated heterocycles.